The second-order valence-corrected chi connectivity index (χ2v) is 6.87. The Balaban J connectivity index is 1.53. The topological polar surface area (TPSA) is 58.4 Å². The number of nitrogens with zero attached hydrogens (tertiary/aromatic N) is 4. The third-order valence-electron chi connectivity index (χ3n) is 5.16. The molecule has 3 heterocycles. The van der Waals surface area contributed by atoms with Crippen molar-refractivity contribution in [3.05, 3.63) is 48.0 Å². The summed E-state index contributed by atoms with van der Waals surface area (Å²) in [6, 6.07) is 8.07. The van der Waals surface area contributed by atoms with E-state index < -0.39 is 0 Å². The highest BCUT2D eigenvalue weighted by Gasteiger charge is 2.34. The van der Waals surface area contributed by atoms with Gasteiger partial charge in [-0.15, -0.1) is 0 Å². The maximum absolute atomic E-state index is 12.9. The van der Waals surface area contributed by atoms with Gasteiger partial charge in [0, 0.05) is 50.9 Å². The lowest BCUT2D eigenvalue weighted by atomic mass is 9.98. The van der Waals surface area contributed by atoms with Gasteiger partial charge in [0.05, 0.1) is 6.33 Å². The van der Waals surface area contributed by atoms with E-state index in [1.165, 1.54) is 5.56 Å². The molecule has 2 aliphatic rings. The SMILES string of the molecule is Cn1cnc(C(=O)N2C[C@H](CCN3CCCC3=O)c3ccccc32)c1. The van der Waals surface area contributed by atoms with E-state index >= 15 is 0 Å². The van der Waals surface area contributed by atoms with Gasteiger partial charge in [-0.1, -0.05) is 18.2 Å². The number of aromatic nitrogens is 2. The third-order valence-corrected chi connectivity index (χ3v) is 5.16. The first-order chi connectivity index (χ1) is 12.1. The zero-order valence-electron chi connectivity index (χ0n) is 14.4. The van der Waals surface area contributed by atoms with Gasteiger partial charge >= 0.3 is 0 Å². The number of benzene rings is 1. The molecule has 0 N–H and O–H groups in total. The maximum Gasteiger partial charge on any atom is 0.278 e. The lowest BCUT2D eigenvalue weighted by molar-refractivity contribution is -0.127. The summed E-state index contributed by atoms with van der Waals surface area (Å²) < 4.78 is 1.78. The van der Waals surface area contributed by atoms with Crippen molar-refractivity contribution in [1.82, 2.24) is 14.5 Å². The Labute approximate surface area is 147 Å². The molecule has 25 heavy (non-hydrogen) atoms. The number of carbonyl (C=O) groups is 2. The molecule has 6 nitrogen and oxygen atoms in total. The largest absolute Gasteiger partial charge is 0.343 e. The Morgan fingerprint density at radius 2 is 2.16 bits per heavy atom. The van der Waals surface area contributed by atoms with Crippen LogP contribution in [0.4, 0.5) is 5.69 Å². The van der Waals surface area contributed by atoms with Crippen LogP contribution in [-0.2, 0) is 11.8 Å². The quantitative estimate of drug-likeness (QED) is 0.858. The van der Waals surface area contributed by atoms with Crippen LogP contribution in [0, 0.1) is 0 Å². The molecule has 4 rings (SSSR count). The van der Waals surface area contributed by atoms with Gasteiger partial charge in [-0.25, -0.2) is 4.98 Å². The summed E-state index contributed by atoms with van der Waals surface area (Å²) in [6.07, 6.45) is 5.91. The second kappa shape index (κ2) is 6.35. The predicted molar refractivity (Wildman–Crippen MR) is 94.5 cm³/mol. The van der Waals surface area contributed by atoms with Crippen LogP contribution < -0.4 is 4.90 Å². The van der Waals surface area contributed by atoms with Crippen molar-refractivity contribution in [2.45, 2.75) is 25.2 Å². The van der Waals surface area contributed by atoms with E-state index in [0.717, 1.165) is 31.6 Å². The second-order valence-electron chi connectivity index (χ2n) is 6.87. The summed E-state index contributed by atoms with van der Waals surface area (Å²) in [7, 11) is 1.86. The summed E-state index contributed by atoms with van der Waals surface area (Å²) in [6.45, 7) is 2.28. The van der Waals surface area contributed by atoms with Crippen molar-refractivity contribution in [3.8, 4) is 0 Å². The molecule has 6 heteroatoms. The van der Waals surface area contributed by atoms with Crippen molar-refractivity contribution in [2.24, 2.45) is 7.05 Å². The number of hydrogen-bond donors (Lipinski definition) is 0. The lowest BCUT2D eigenvalue weighted by Crippen LogP contribution is -2.31. The summed E-state index contributed by atoms with van der Waals surface area (Å²) >= 11 is 0. The number of aryl methyl sites for hydroxylation is 1. The highest BCUT2D eigenvalue weighted by molar-refractivity contribution is 6.06. The fourth-order valence-electron chi connectivity index (χ4n) is 3.85. The first-order valence-corrected chi connectivity index (χ1v) is 8.80. The number of carbonyl (C=O) groups excluding carboxylic acids is 2. The molecule has 0 bridgehead atoms. The third kappa shape index (κ3) is 2.92. The smallest absolute Gasteiger partial charge is 0.278 e. The molecule has 1 aromatic carbocycles. The molecule has 0 aliphatic carbocycles. The molecule has 0 radical (unpaired) electrons. The summed E-state index contributed by atoms with van der Waals surface area (Å²) in [4.78, 5) is 32.7. The first kappa shape index (κ1) is 15.9. The van der Waals surface area contributed by atoms with Gasteiger partial charge in [-0.3, -0.25) is 9.59 Å². The molecule has 1 aromatic heterocycles. The van der Waals surface area contributed by atoms with E-state index in [-0.39, 0.29) is 17.7 Å². The van der Waals surface area contributed by atoms with Crippen molar-refractivity contribution in [3.63, 3.8) is 0 Å². The Morgan fingerprint density at radius 3 is 2.88 bits per heavy atom. The fourth-order valence-corrected chi connectivity index (χ4v) is 3.85. The standard InChI is InChI=1S/C19H22N4O2/c1-21-12-16(20-13-21)19(25)23-11-14(15-5-2-3-6-17(15)23)8-10-22-9-4-7-18(22)24/h2-3,5-6,12-14H,4,7-11H2,1H3/t14-/m0/s1. The predicted octanol–water partition coefficient (Wildman–Crippen LogP) is 2.18. The Bertz CT molecular complexity index is 813. The van der Waals surface area contributed by atoms with E-state index in [1.807, 2.05) is 35.0 Å². The highest BCUT2D eigenvalue weighted by Crippen LogP contribution is 2.38. The minimum absolute atomic E-state index is 0.0622. The van der Waals surface area contributed by atoms with E-state index in [4.69, 9.17) is 0 Å². The van der Waals surface area contributed by atoms with Crippen LogP contribution in [0.2, 0.25) is 0 Å². The number of anilines is 1. The number of para-hydroxylation sites is 1. The minimum atomic E-state index is -0.0622. The minimum Gasteiger partial charge on any atom is -0.343 e. The van der Waals surface area contributed by atoms with Gasteiger partial charge in [-0.05, 0) is 24.5 Å². The van der Waals surface area contributed by atoms with Crippen LogP contribution >= 0.6 is 0 Å². The van der Waals surface area contributed by atoms with E-state index in [0.29, 0.717) is 18.7 Å². The van der Waals surface area contributed by atoms with Gasteiger partial charge < -0.3 is 14.4 Å². The van der Waals surface area contributed by atoms with E-state index in [9.17, 15) is 9.59 Å². The van der Waals surface area contributed by atoms with Crippen LogP contribution in [-0.4, -0.2) is 45.9 Å². The average Bonchev–Trinajstić information content (AvgIpc) is 3.31. The zero-order valence-corrected chi connectivity index (χ0v) is 14.4. The van der Waals surface area contributed by atoms with Gasteiger partial charge in [0.15, 0.2) is 0 Å². The molecular weight excluding hydrogens is 316 g/mol. The summed E-state index contributed by atoms with van der Waals surface area (Å²) in [5, 5.41) is 0. The van der Waals surface area contributed by atoms with E-state index in [1.54, 1.807) is 17.1 Å². The molecule has 2 aromatic rings. The molecule has 2 aliphatic heterocycles. The van der Waals surface area contributed by atoms with Gasteiger partial charge in [0.2, 0.25) is 5.91 Å². The van der Waals surface area contributed by atoms with Crippen molar-refractivity contribution < 1.29 is 9.59 Å². The molecule has 130 valence electrons. The highest BCUT2D eigenvalue weighted by atomic mass is 16.2. The van der Waals surface area contributed by atoms with Gasteiger partial charge in [0.1, 0.15) is 5.69 Å². The molecule has 0 unspecified atom stereocenters. The summed E-state index contributed by atoms with van der Waals surface area (Å²) in [5.74, 6) is 0.456. The number of likely N-dealkylation sites (tertiary alicyclic amines) is 1. The van der Waals surface area contributed by atoms with Crippen molar-refractivity contribution >= 4 is 17.5 Å². The van der Waals surface area contributed by atoms with Gasteiger partial charge in [0.25, 0.3) is 5.91 Å². The van der Waals surface area contributed by atoms with E-state index in [2.05, 4.69) is 11.1 Å². The molecular formula is C19H22N4O2. The molecule has 2 amide bonds. The normalized spacial score (nSPS) is 19.6. The average molecular weight is 338 g/mol. The Hall–Kier alpha value is -2.63. The Morgan fingerprint density at radius 1 is 1.32 bits per heavy atom. The fraction of sp³-hybridized carbons (Fsp3) is 0.421. The van der Waals surface area contributed by atoms with Crippen LogP contribution in [0.15, 0.2) is 36.8 Å². The molecule has 1 saturated heterocycles. The number of fused-ring (bicyclic) bond motifs is 1. The van der Waals surface area contributed by atoms with Crippen LogP contribution in [0.1, 0.15) is 41.2 Å². The summed E-state index contributed by atoms with van der Waals surface area (Å²) in [5.41, 5.74) is 2.63. The van der Waals surface area contributed by atoms with Crippen molar-refractivity contribution in [1.29, 1.82) is 0 Å². The molecule has 1 fully saturated rings. The number of imidazole rings is 1. The maximum atomic E-state index is 12.9. The number of hydrogen-bond acceptors (Lipinski definition) is 3. The Kier molecular flexibility index (Phi) is 4.03. The number of rotatable bonds is 4. The molecule has 0 saturated carbocycles. The number of amides is 2. The van der Waals surface area contributed by atoms with Gasteiger partial charge in [-0.2, -0.15) is 0 Å². The van der Waals surface area contributed by atoms with Crippen LogP contribution in [0.3, 0.4) is 0 Å². The molecule has 1 atom stereocenters. The zero-order chi connectivity index (χ0) is 17.4. The first-order valence-electron chi connectivity index (χ1n) is 8.80. The lowest BCUT2D eigenvalue weighted by Gasteiger charge is -2.19. The van der Waals surface area contributed by atoms with Crippen LogP contribution in [0.5, 0.6) is 0 Å². The van der Waals surface area contributed by atoms with Crippen molar-refractivity contribution in [2.75, 3.05) is 24.5 Å². The molecule has 0 spiro atoms. The monoisotopic (exact) mass is 338 g/mol. The van der Waals surface area contributed by atoms with Crippen LogP contribution in [0.25, 0.3) is 0 Å².